The van der Waals surface area contributed by atoms with Crippen molar-refractivity contribution >= 4 is 11.9 Å². The third-order valence-electron chi connectivity index (χ3n) is 7.17. The van der Waals surface area contributed by atoms with Crippen LogP contribution in [0.4, 0.5) is 0 Å². The number of rotatable bonds is 16. The fourth-order valence-corrected chi connectivity index (χ4v) is 4.60. The van der Waals surface area contributed by atoms with Gasteiger partial charge >= 0.3 is 11.9 Å². The van der Waals surface area contributed by atoms with E-state index < -0.39 is 42.0 Å². The normalized spacial score (nSPS) is 32.1. The summed E-state index contributed by atoms with van der Waals surface area (Å²) in [7, 11) is 0. The summed E-state index contributed by atoms with van der Waals surface area (Å²) in [5.41, 5.74) is -1.04. The van der Waals surface area contributed by atoms with Crippen molar-refractivity contribution in [3.05, 3.63) is 11.6 Å². The average Bonchev–Trinajstić information content (AvgIpc) is 3.56. The van der Waals surface area contributed by atoms with Crippen LogP contribution in [0, 0.1) is 5.92 Å². The molecule has 0 aromatic heterocycles. The fraction of sp³-hybridized carbons (Fsp3) is 0.846. The van der Waals surface area contributed by atoms with Crippen LogP contribution in [0.2, 0.25) is 0 Å². The Balaban J connectivity index is 1.67. The molecule has 10 nitrogen and oxygen atoms in total. The van der Waals surface area contributed by atoms with E-state index in [1.54, 1.807) is 13.8 Å². The molecule has 10 heteroatoms. The van der Waals surface area contributed by atoms with Gasteiger partial charge in [0.15, 0.2) is 0 Å². The zero-order chi connectivity index (χ0) is 26.9. The average molecular weight is 517 g/mol. The summed E-state index contributed by atoms with van der Waals surface area (Å²) >= 11 is 0. The van der Waals surface area contributed by atoms with Crippen molar-refractivity contribution < 1.29 is 49.3 Å². The van der Waals surface area contributed by atoms with Crippen LogP contribution < -0.4 is 0 Å². The van der Waals surface area contributed by atoms with Crippen molar-refractivity contribution in [3.63, 3.8) is 0 Å². The number of hydrogen-bond acceptors (Lipinski definition) is 9. The van der Waals surface area contributed by atoms with Crippen LogP contribution in [0.3, 0.4) is 0 Å². The van der Waals surface area contributed by atoms with Gasteiger partial charge < -0.3 is 39.7 Å². The SMILES string of the molecule is C/C(=C\C(=O)OCCCCCCCCC(=O)O)CC1OC[C@](O)(C[C@H]2O[C@H]2[C@@H](C)[C@H](C)O)[C@@H](O)[C@H]1O. The van der Waals surface area contributed by atoms with Gasteiger partial charge in [0.1, 0.15) is 17.8 Å². The van der Waals surface area contributed by atoms with E-state index in [1.807, 2.05) is 6.92 Å². The second kappa shape index (κ2) is 14.4. The molecule has 2 aliphatic rings. The lowest BCUT2D eigenvalue weighted by Crippen LogP contribution is -2.61. The van der Waals surface area contributed by atoms with E-state index in [0.29, 0.717) is 18.6 Å². The predicted molar refractivity (Wildman–Crippen MR) is 130 cm³/mol. The molecule has 2 fully saturated rings. The second-order valence-electron chi connectivity index (χ2n) is 10.5. The van der Waals surface area contributed by atoms with Gasteiger partial charge in [0, 0.05) is 24.8 Å². The number of ether oxygens (including phenoxy) is 3. The molecular formula is C26H44O10. The number of unbranched alkanes of at least 4 members (excludes halogenated alkanes) is 5. The van der Waals surface area contributed by atoms with Crippen LogP contribution in [0.1, 0.15) is 78.6 Å². The minimum atomic E-state index is -1.67. The molecule has 0 aliphatic carbocycles. The van der Waals surface area contributed by atoms with Gasteiger partial charge in [0.25, 0.3) is 0 Å². The molecular weight excluding hydrogens is 472 g/mol. The van der Waals surface area contributed by atoms with Gasteiger partial charge in [-0.15, -0.1) is 0 Å². The highest BCUT2D eigenvalue weighted by Crippen LogP contribution is 2.40. The quantitative estimate of drug-likeness (QED) is 0.0882. The van der Waals surface area contributed by atoms with Gasteiger partial charge in [-0.25, -0.2) is 4.79 Å². The number of carboxylic acids is 1. The van der Waals surface area contributed by atoms with E-state index in [1.165, 1.54) is 6.08 Å². The van der Waals surface area contributed by atoms with E-state index in [9.17, 15) is 30.0 Å². The van der Waals surface area contributed by atoms with Crippen molar-refractivity contribution in [1.82, 2.24) is 0 Å². The van der Waals surface area contributed by atoms with Crippen LogP contribution in [0.15, 0.2) is 11.6 Å². The van der Waals surface area contributed by atoms with E-state index in [0.717, 1.165) is 32.1 Å². The van der Waals surface area contributed by atoms with Crippen molar-refractivity contribution in [1.29, 1.82) is 0 Å². The second-order valence-corrected chi connectivity index (χ2v) is 10.5. The van der Waals surface area contributed by atoms with Gasteiger partial charge in [-0.05, 0) is 33.1 Å². The highest BCUT2D eigenvalue weighted by molar-refractivity contribution is 5.82. The first kappa shape index (κ1) is 30.7. The lowest BCUT2D eigenvalue weighted by molar-refractivity contribution is -0.236. The van der Waals surface area contributed by atoms with E-state index in [2.05, 4.69) is 0 Å². The van der Waals surface area contributed by atoms with Gasteiger partial charge in [0.2, 0.25) is 0 Å². The molecule has 2 aliphatic heterocycles. The number of carbonyl (C=O) groups is 2. The third kappa shape index (κ3) is 9.72. The molecule has 208 valence electrons. The van der Waals surface area contributed by atoms with Gasteiger partial charge in [-0.3, -0.25) is 4.79 Å². The lowest BCUT2D eigenvalue weighted by atomic mass is 9.82. The summed E-state index contributed by atoms with van der Waals surface area (Å²) in [4.78, 5) is 22.5. The Morgan fingerprint density at radius 3 is 2.36 bits per heavy atom. The highest BCUT2D eigenvalue weighted by Gasteiger charge is 2.54. The Labute approximate surface area is 213 Å². The Hall–Kier alpha value is -1.56. The summed E-state index contributed by atoms with van der Waals surface area (Å²) in [5, 5.41) is 50.4. The maximum absolute atomic E-state index is 12.1. The first-order chi connectivity index (χ1) is 16.9. The number of esters is 1. The van der Waals surface area contributed by atoms with Gasteiger partial charge in [0.05, 0.1) is 37.6 Å². The number of aliphatic hydroxyl groups is 4. The predicted octanol–water partition coefficient (Wildman–Crippen LogP) is 1.71. The van der Waals surface area contributed by atoms with E-state index in [4.69, 9.17) is 19.3 Å². The third-order valence-corrected chi connectivity index (χ3v) is 7.17. The number of epoxide rings is 1. The minimum Gasteiger partial charge on any atom is -0.481 e. The molecule has 8 atom stereocenters. The van der Waals surface area contributed by atoms with Crippen LogP contribution >= 0.6 is 0 Å². The Bertz CT molecular complexity index is 738. The van der Waals surface area contributed by atoms with Crippen LogP contribution in [-0.4, -0.2) is 92.9 Å². The molecule has 5 N–H and O–H groups in total. The molecule has 0 bridgehead atoms. The first-order valence-electron chi connectivity index (χ1n) is 13.0. The number of carboxylic acid groups (broad SMARTS) is 1. The largest absolute Gasteiger partial charge is 0.481 e. The zero-order valence-corrected chi connectivity index (χ0v) is 21.7. The summed E-state index contributed by atoms with van der Waals surface area (Å²) in [5.74, 6) is -1.37. The maximum Gasteiger partial charge on any atom is 0.330 e. The topological polar surface area (TPSA) is 166 Å². The summed E-state index contributed by atoms with van der Waals surface area (Å²) in [6.07, 6.45) is 2.29. The van der Waals surface area contributed by atoms with Gasteiger partial charge in [-0.1, -0.05) is 38.2 Å². The van der Waals surface area contributed by atoms with Crippen molar-refractivity contribution in [2.75, 3.05) is 13.2 Å². The van der Waals surface area contributed by atoms with E-state index in [-0.39, 0.29) is 44.0 Å². The zero-order valence-electron chi connectivity index (χ0n) is 21.7. The molecule has 0 saturated carbocycles. The van der Waals surface area contributed by atoms with Crippen molar-refractivity contribution in [2.24, 2.45) is 5.92 Å². The number of aliphatic carboxylic acids is 1. The summed E-state index contributed by atoms with van der Waals surface area (Å²) in [6, 6.07) is 0. The van der Waals surface area contributed by atoms with Crippen molar-refractivity contribution in [2.45, 2.75) is 121 Å². The first-order valence-corrected chi connectivity index (χ1v) is 13.0. The number of hydrogen-bond donors (Lipinski definition) is 5. The molecule has 2 rings (SSSR count). The standard InChI is InChI=1S/C26H44O10/c1-16(13-22(30)34-11-9-7-5-4-6-8-10-21(28)29)12-19-23(31)25(32)26(33,15-35-19)14-20-24(36-20)17(2)18(3)27/h13,17-20,23-25,27,31-33H,4-12,14-15H2,1-3H3,(H,28,29)/b16-13+/t17-,18-,19?,20+,23-,24-,25-,26+/m0/s1. The molecule has 36 heavy (non-hydrogen) atoms. The highest BCUT2D eigenvalue weighted by atomic mass is 16.6. The Morgan fingerprint density at radius 1 is 1.08 bits per heavy atom. The van der Waals surface area contributed by atoms with Crippen LogP contribution in [-0.2, 0) is 23.8 Å². The van der Waals surface area contributed by atoms with Gasteiger partial charge in [-0.2, -0.15) is 0 Å². The molecule has 2 heterocycles. The van der Waals surface area contributed by atoms with Crippen LogP contribution in [0.25, 0.3) is 0 Å². The molecule has 1 unspecified atom stereocenters. The monoisotopic (exact) mass is 516 g/mol. The number of aliphatic hydroxyl groups excluding tert-OH is 3. The summed E-state index contributed by atoms with van der Waals surface area (Å²) < 4.78 is 16.5. The molecule has 0 spiro atoms. The molecule has 0 radical (unpaired) electrons. The molecule has 0 amide bonds. The number of carbonyl (C=O) groups excluding carboxylic acids is 1. The molecule has 0 aromatic carbocycles. The maximum atomic E-state index is 12.1. The van der Waals surface area contributed by atoms with Crippen molar-refractivity contribution in [3.8, 4) is 0 Å². The Kier molecular flexibility index (Phi) is 12.3. The molecule has 0 aromatic rings. The smallest absolute Gasteiger partial charge is 0.330 e. The minimum absolute atomic E-state index is 0.0865. The molecule has 2 saturated heterocycles. The van der Waals surface area contributed by atoms with Crippen LogP contribution in [0.5, 0.6) is 0 Å². The lowest BCUT2D eigenvalue weighted by Gasteiger charge is -2.43. The Morgan fingerprint density at radius 2 is 1.72 bits per heavy atom. The summed E-state index contributed by atoms with van der Waals surface area (Å²) in [6.45, 7) is 5.35. The fourth-order valence-electron chi connectivity index (χ4n) is 4.60. The van der Waals surface area contributed by atoms with E-state index >= 15 is 0 Å².